The predicted molar refractivity (Wildman–Crippen MR) is 87.6 cm³/mol. The summed E-state index contributed by atoms with van der Waals surface area (Å²) in [5.41, 5.74) is 7.10. The molecule has 1 aromatic heterocycles. The number of ether oxygens (including phenoxy) is 1. The second kappa shape index (κ2) is 9.63. The van der Waals surface area contributed by atoms with E-state index in [1.807, 2.05) is 30.3 Å². The number of benzene rings is 1. The summed E-state index contributed by atoms with van der Waals surface area (Å²) in [5.74, 6) is 1.33. The normalized spacial score (nSPS) is 11.5. The van der Waals surface area contributed by atoms with Gasteiger partial charge in [-0.3, -0.25) is 4.99 Å². The molecule has 22 heavy (non-hydrogen) atoms. The van der Waals surface area contributed by atoms with Crippen molar-refractivity contribution in [2.45, 2.75) is 19.4 Å². The van der Waals surface area contributed by atoms with Crippen molar-refractivity contribution < 1.29 is 9.15 Å². The molecule has 118 valence electrons. The summed E-state index contributed by atoms with van der Waals surface area (Å²) in [6.45, 7) is 2.58. The van der Waals surface area contributed by atoms with Crippen LogP contribution < -0.4 is 11.1 Å². The van der Waals surface area contributed by atoms with Crippen molar-refractivity contribution in [2.75, 3.05) is 19.7 Å². The van der Waals surface area contributed by atoms with Crippen molar-refractivity contribution in [3.05, 3.63) is 60.1 Å². The van der Waals surface area contributed by atoms with Gasteiger partial charge in [0, 0.05) is 19.7 Å². The lowest BCUT2D eigenvalue weighted by Crippen LogP contribution is -2.33. The Morgan fingerprint density at radius 3 is 2.82 bits per heavy atom. The number of furan rings is 1. The molecule has 0 aliphatic heterocycles. The van der Waals surface area contributed by atoms with E-state index in [0.29, 0.717) is 25.7 Å². The molecule has 2 aromatic rings. The molecule has 1 heterocycles. The maximum absolute atomic E-state index is 5.81. The highest BCUT2D eigenvalue weighted by atomic mass is 16.5. The number of hydrogen-bond donors (Lipinski definition) is 2. The molecule has 0 saturated carbocycles. The fourth-order valence-electron chi connectivity index (χ4n) is 1.97. The van der Waals surface area contributed by atoms with E-state index in [0.717, 1.165) is 25.1 Å². The molecule has 1 aromatic carbocycles. The fraction of sp³-hybridized carbons (Fsp3) is 0.353. The highest BCUT2D eigenvalue weighted by molar-refractivity contribution is 5.77. The average molecular weight is 301 g/mol. The van der Waals surface area contributed by atoms with E-state index in [-0.39, 0.29) is 0 Å². The molecular formula is C17H23N3O2. The van der Waals surface area contributed by atoms with Crippen molar-refractivity contribution in [1.82, 2.24) is 5.32 Å². The zero-order chi connectivity index (χ0) is 15.5. The van der Waals surface area contributed by atoms with Crippen LogP contribution in [0.25, 0.3) is 0 Å². The van der Waals surface area contributed by atoms with Gasteiger partial charge in [0.2, 0.25) is 0 Å². The Balaban J connectivity index is 1.50. The Bertz CT molecular complexity index is 538. The van der Waals surface area contributed by atoms with E-state index in [2.05, 4.69) is 22.4 Å². The molecule has 5 heteroatoms. The molecule has 0 bridgehead atoms. The smallest absolute Gasteiger partial charge is 0.188 e. The Hall–Kier alpha value is -2.27. The zero-order valence-electron chi connectivity index (χ0n) is 12.7. The maximum Gasteiger partial charge on any atom is 0.188 e. The van der Waals surface area contributed by atoms with Gasteiger partial charge in [-0.2, -0.15) is 0 Å². The predicted octanol–water partition coefficient (Wildman–Crippen LogP) is 2.33. The molecule has 0 saturated heterocycles. The summed E-state index contributed by atoms with van der Waals surface area (Å²) < 4.78 is 10.7. The molecule has 3 N–H and O–H groups in total. The van der Waals surface area contributed by atoms with Gasteiger partial charge in [0.15, 0.2) is 5.96 Å². The number of aliphatic imine (C=N–C) groups is 1. The highest BCUT2D eigenvalue weighted by Gasteiger charge is 1.96. The fourth-order valence-corrected chi connectivity index (χ4v) is 1.97. The molecule has 0 aliphatic rings. The van der Waals surface area contributed by atoms with Gasteiger partial charge in [-0.15, -0.1) is 0 Å². The van der Waals surface area contributed by atoms with Gasteiger partial charge in [-0.1, -0.05) is 30.3 Å². The number of nitrogens with one attached hydrogen (secondary N) is 1. The van der Waals surface area contributed by atoms with E-state index < -0.39 is 0 Å². The third-order valence-corrected chi connectivity index (χ3v) is 3.12. The average Bonchev–Trinajstić information content (AvgIpc) is 3.05. The van der Waals surface area contributed by atoms with Gasteiger partial charge in [0.1, 0.15) is 12.4 Å². The first-order valence-corrected chi connectivity index (χ1v) is 7.52. The first-order chi connectivity index (χ1) is 10.8. The van der Waals surface area contributed by atoms with Crippen LogP contribution in [-0.2, 0) is 17.8 Å². The summed E-state index contributed by atoms with van der Waals surface area (Å²) in [4.78, 5) is 4.27. The molecular weight excluding hydrogens is 278 g/mol. The third-order valence-electron chi connectivity index (χ3n) is 3.12. The second-order valence-corrected chi connectivity index (χ2v) is 4.91. The van der Waals surface area contributed by atoms with Gasteiger partial charge < -0.3 is 20.2 Å². The number of guanidine groups is 1. The van der Waals surface area contributed by atoms with Crippen LogP contribution in [0.5, 0.6) is 0 Å². The van der Waals surface area contributed by atoms with Gasteiger partial charge in [-0.05, 0) is 30.5 Å². The second-order valence-electron chi connectivity index (χ2n) is 4.91. The minimum Gasteiger partial charge on any atom is -0.467 e. The minimum absolute atomic E-state index is 0.488. The monoisotopic (exact) mass is 301 g/mol. The van der Waals surface area contributed by atoms with Crippen LogP contribution in [0, 0.1) is 0 Å². The van der Waals surface area contributed by atoms with Crippen LogP contribution in [0.1, 0.15) is 17.7 Å². The molecule has 0 spiro atoms. The maximum atomic E-state index is 5.81. The van der Waals surface area contributed by atoms with Gasteiger partial charge in [0.25, 0.3) is 0 Å². The van der Waals surface area contributed by atoms with E-state index in [1.165, 1.54) is 5.56 Å². The highest BCUT2D eigenvalue weighted by Crippen LogP contribution is 2.02. The Labute approximate surface area is 131 Å². The number of hydrogen-bond acceptors (Lipinski definition) is 3. The SMILES string of the molecule is NC(=NCCCOCc1ccco1)NCCc1ccccc1. The summed E-state index contributed by atoms with van der Waals surface area (Å²) in [5, 5.41) is 3.12. The summed E-state index contributed by atoms with van der Waals surface area (Å²) >= 11 is 0. The minimum atomic E-state index is 0.488. The zero-order valence-corrected chi connectivity index (χ0v) is 12.7. The van der Waals surface area contributed by atoms with Crippen molar-refractivity contribution >= 4 is 5.96 Å². The van der Waals surface area contributed by atoms with Crippen LogP contribution in [0.2, 0.25) is 0 Å². The standard InChI is InChI=1S/C17H23N3O2/c18-17(20-11-9-15-6-2-1-3-7-15)19-10-5-12-21-14-16-8-4-13-22-16/h1-4,6-8,13H,5,9-12,14H2,(H3,18,19,20). The van der Waals surface area contributed by atoms with Crippen LogP contribution >= 0.6 is 0 Å². The van der Waals surface area contributed by atoms with Crippen LogP contribution in [0.15, 0.2) is 58.1 Å². The van der Waals surface area contributed by atoms with E-state index >= 15 is 0 Å². The first kappa shape index (κ1) is 16.1. The molecule has 5 nitrogen and oxygen atoms in total. The molecule has 0 fully saturated rings. The van der Waals surface area contributed by atoms with Gasteiger partial charge in [0.05, 0.1) is 6.26 Å². The van der Waals surface area contributed by atoms with Crippen molar-refractivity contribution in [2.24, 2.45) is 10.7 Å². The van der Waals surface area contributed by atoms with Crippen LogP contribution in [0.4, 0.5) is 0 Å². The number of nitrogens with two attached hydrogens (primary N) is 1. The quantitative estimate of drug-likeness (QED) is 0.423. The molecule has 0 amide bonds. The largest absolute Gasteiger partial charge is 0.467 e. The molecule has 0 atom stereocenters. The van der Waals surface area contributed by atoms with Gasteiger partial charge in [-0.25, -0.2) is 0 Å². The summed E-state index contributed by atoms with van der Waals surface area (Å²) in [7, 11) is 0. The van der Waals surface area contributed by atoms with Gasteiger partial charge >= 0.3 is 0 Å². The van der Waals surface area contributed by atoms with Crippen molar-refractivity contribution in [1.29, 1.82) is 0 Å². The van der Waals surface area contributed by atoms with E-state index in [9.17, 15) is 0 Å². The lowest BCUT2D eigenvalue weighted by atomic mass is 10.1. The van der Waals surface area contributed by atoms with E-state index in [1.54, 1.807) is 6.26 Å². The Kier molecular flexibility index (Phi) is 7.05. The Morgan fingerprint density at radius 1 is 1.18 bits per heavy atom. The number of nitrogens with zero attached hydrogens (tertiary/aromatic N) is 1. The number of rotatable bonds is 9. The summed E-state index contributed by atoms with van der Waals surface area (Å²) in [6.07, 6.45) is 3.41. The third kappa shape index (κ3) is 6.45. The van der Waals surface area contributed by atoms with Crippen molar-refractivity contribution in [3.8, 4) is 0 Å². The molecule has 2 rings (SSSR count). The summed E-state index contributed by atoms with van der Waals surface area (Å²) in [6, 6.07) is 14.0. The Morgan fingerprint density at radius 2 is 2.05 bits per heavy atom. The van der Waals surface area contributed by atoms with E-state index in [4.69, 9.17) is 14.9 Å². The molecule has 0 unspecified atom stereocenters. The topological polar surface area (TPSA) is 72.8 Å². The van der Waals surface area contributed by atoms with Crippen LogP contribution in [-0.4, -0.2) is 25.7 Å². The lowest BCUT2D eigenvalue weighted by Gasteiger charge is -2.06. The molecule has 0 radical (unpaired) electrons. The first-order valence-electron chi connectivity index (χ1n) is 7.52. The van der Waals surface area contributed by atoms with Crippen molar-refractivity contribution in [3.63, 3.8) is 0 Å². The lowest BCUT2D eigenvalue weighted by molar-refractivity contribution is 0.105. The van der Waals surface area contributed by atoms with Crippen LogP contribution in [0.3, 0.4) is 0 Å². The molecule has 0 aliphatic carbocycles.